The summed E-state index contributed by atoms with van der Waals surface area (Å²) in [4.78, 5) is 106. The number of nitrogens with one attached hydrogen (secondary N) is 2. The molecule has 0 radical (unpaired) electrons. The number of anilines is 4. The van der Waals surface area contributed by atoms with E-state index in [0.29, 0.717) is 11.3 Å². The molecule has 0 saturated carbocycles. The average Bonchev–Trinajstić information content (AvgIpc) is 0.751. The largest absolute Gasteiger partial charge is 0.545 e. The number of para-hydroxylation sites is 2. The van der Waals surface area contributed by atoms with Crippen LogP contribution < -0.4 is 40.2 Å². The Bertz CT molecular complexity index is 3080. The van der Waals surface area contributed by atoms with Crippen molar-refractivity contribution in [2.24, 2.45) is 0 Å². The highest BCUT2D eigenvalue weighted by Gasteiger charge is 2.41. The van der Waals surface area contributed by atoms with Gasteiger partial charge in [0, 0.05) is 89.7 Å². The Labute approximate surface area is 499 Å². The molecule has 8 N–H and O–H groups in total. The molecular weight excluding hydrogens is 1140 g/mol. The van der Waals surface area contributed by atoms with E-state index in [-0.39, 0.29) is 52.4 Å². The number of ether oxygens (including phenoxy) is 7. The van der Waals surface area contributed by atoms with E-state index >= 15 is 0 Å². The number of nitrogens with zero attached hydrogens (tertiary/aromatic N) is 3. The summed E-state index contributed by atoms with van der Waals surface area (Å²) in [5.41, 5.74) is 5.85. The third kappa shape index (κ3) is 22.6. The lowest BCUT2D eigenvalue weighted by molar-refractivity contribution is -0.462. The molecule has 0 spiro atoms. The van der Waals surface area contributed by atoms with Crippen molar-refractivity contribution >= 4 is 102 Å². The second-order valence-corrected chi connectivity index (χ2v) is 22.6. The van der Waals surface area contributed by atoms with Crippen molar-refractivity contribution in [1.29, 1.82) is 0 Å². The molecule has 4 aromatic rings. The first-order valence-electron chi connectivity index (χ1n) is 25.5. The van der Waals surface area contributed by atoms with Crippen molar-refractivity contribution in [3.8, 4) is 11.5 Å². The number of aliphatic hydroxyl groups is 2. The number of allylic oxidation sites excluding steroid dienone is 5. The minimum Gasteiger partial charge on any atom is -0.545 e. The molecule has 86 heavy (non-hydrogen) atoms. The molecule has 1 heterocycles. The van der Waals surface area contributed by atoms with E-state index in [0.717, 1.165) is 71.4 Å². The molecule has 0 fully saturated rings. The van der Waals surface area contributed by atoms with E-state index in [1.807, 2.05) is 80.9 Å². The molecule has 0 saturated heterocycles. The van der Waals surface area contributed by atoms with Crippen molar-refractivity contribution in [2.75, 3.05) is 109 Å². The molecular formula is C59H77N5O21Si. The molecule has 0 aromatic heterocycles. The Balaban J connectivity index is 0.00000440. The Morgan fingerprint density at radius 1 is 0.733 bits per heavy atom. The maximum atomic E-state index is 14.2. The molecule has 4 aromatic carbocycles. The van der Waals surface area contributed by atoms with Crippen LogP contribution in [0.3, 0.4) is 0 Å². The zero-order valence-electron chi connectivity index (χ0n) is 50.1. The lowest BCUT2D eigenvalue weighted by Crippen LogP contribution is -2.50. The highest BCUT2D eigenvalue weighted by molar-refractivity contribution is 6.98. The highest BCUT2D eigenvalue weighted by Crippen LogP contribution is 2.43. The van der Waals surface area contributed by atoms with Crippen LogP contribution >= 0.6 is 0 Å². The Morgan fingerprint density at radius 3 is 1.78 bits per heavy atom. The fraction of sp³-hybridized carbons (Fsp3) is 0.322. The number of carboxylic acids is 1. The predicted molar refractivity (Wildman–Crippen MR) is 321 cm³/mol. The molecule has 1 aliphatic carbocycles. The van der Waals surface area contributed by atoms with E-state index < -0.39 is 83.3 Å². The highest BCUT2D eigenvalue weighted by atomic mass is 28.3. The molecule has 27 heteroatoms. The quantitative estimate of drug-likeness (QED) is 0.0176. The third-order valence-corrected chi connectivity index (χ3v) is 15.4. The van der Waals surface area contributed by atoms with Gasteiger partial charge >= 0.3 is 29.8 Å². The lowest BCUT2D eigenvalue weighted by Gasteiger charge is -2.38. The SMILES string of the molecule is C=O.CC(=O)OCO.CC=O.CNc1ccccc1OCCOc1cc(NC(=O)c2ccc(C3=C4C=CC(=[N+](C)C)C=C4[Si](C)(C)c4cc(N(C)C)ccc43)c(C(=O)[O-])c2)ccc1N(CC(=O)OCOC(C)=O)CC(=O)OCOC(C)=O.CO.O.O. The molecule has 1 amide bonds. The topological polar surface area (TPSA) is 378 Å². The molecule has 26 nitrogen and oxygen atoms in total. The number of hydrogen-bond acceptors (Lipinski definition) is 22. The first-order chi connectivity index (χ1) is 40.0. The number of benzene rings is 4. The maximum Gasteiger partial charge on any atom is 0.328 e. The second kappa shape index (κ2) is 38.3. The Morgan fingerprint density at radius 2 is 1.28 bits per heavy atom. The number of carboxylic acid groups (broad SMARTS) is 1. The van der Waals surface area contributed by atoms with Crippen LogP contribution in [0.15, 0.2) is 108 Å². The minimum absolute atomic E-state index is 0. The van der Waals surface area contributed by atoms with Crippen LogP contribution in [0.5, 0.6) is 11.5 Å². The molecule has 0 bridgehead atoms. The number of esters is 5. The number of aliphatic hydroxyl groups excluding tert-OH is 2. The van der Waals surface area contributed by atoms with Crippen LogP contribution in [0, 0.1) is 0 Å². The van der Waals surface area contributed by atoms with Gasteiger partial charge in [0.25, 0.3) is 5.91 Å². The summed E-state index contributed by atoms with van der Waals surface area (Å²) in [6, 6.07) is 22.4. The van der Waals surface area contributed by atoms with Gasteiger partial charge in [0.05, 0.1) is 17.3 Å². The van der Waals surface area contributed by atoms with Gasteiger partial charge in [-0.2, -0.15) is 0 Å². The molecule has 0 atom stereocenters. The van der Waals surface area contributed by atoms with E-state index in [1.165, 1.54) is 43.0 Å². The van der Waals surface area contributed by atoms with Crippen LogP contribution in [0.2, 0.25) is 13.1 Å². The fourth-order valence-electron chi connectivity index (χ4n) is 8.09. The molecule has 2 aliphatic rings. The zero-order chi connectivity index (χ0) is 63.3. The van der Waals surface area contributed by atoms with E-state index in [2.05, 4.69) is 40.6 Å². The zero-order valence-corrected chi connectivity index (χ0v) is 51.1. The smallest absolute Gasteiger partial charge is 0.328 e. The van der Waals surface area contributed by atoms with Crippen molar-refractivity contribution < 1.29 is 107 Å². The number of hydrogen-bond donors (Lipinski definition) is 4. The van der Waals surface area contributed by atoms with Gasteiger partial charge in [-0.3, -0.25) is 28.8 Å². The van der Waals surface area contributed by atoms with Crippen molar-refractivity contribution in [3.05, 3.63) is 130 Å². The number of carbonyl (C=O) groups excluding carboxylic acids is 9. The first kappa shape index (κ1) is 76.5. The number of aromatic carboxylic acids is 1. The van der Waals surface area contributed by atoms with E-state index in [4.69, 9.17) is 48.2 Å². The number of rotatable bonds is 21. The molecule has 1 aliphatic heterocycles. The van der Waals surface area contributed by atoms with E-state index in [1.54, 1.807) is 31.3 Å². The van der Waals surface area contributed by atoms with Gasteiger partial charge in [0.2, 0.25) is 13.6 Å². The van der Waals surface area contributed by atoms with Gasteiger partial charge in [-0.1, -0.05) is 37.4 Å². The normalized spacial score (nSPS) is 11.6. The summed E-state index contributed by atoms with van der Waals surface area (Å²) in [7, 11) is 8.29. The summed E-state index contributed by atoms with van der Waals surface area (Å²) in [5, 5.41) is 36.1. The van der Waals surface area contributed by atoms with Crippen LogP contribution in [0.25, 0.3) is 5.57 Å². The van der Waals surface area contributed by atoms with Gasteiger partial charge in [0.1, 0.15) is 73.0 Å². The number of fused-ring (bicyclic) bond motifs is 2. The first-order valence-corrected chi connectivity index (χ1v) is 28.5. The average molecular weight is 1220 g/mol. The minimum atomic E-state index is -2.36. The Hall–Kier alpha value is -9.54. The third-order valence-electron chi connectivity index (χ3n) is 11.9. The van der Waals surface area contributed by atoms with Gasteiger partial charge in [-0.25, -0.2) is 4.58 Å². The number of carbonyl (C=O) groups is 9. The Kier molecular flexibility index (Phi) is 34.1. The molecule has 6 rings (SSSR count). The lowest BCUT2D eigenvalue weighted by atomic mass is 9.86. The summed E-state index contributed by atoms with van der Waals surface area (Å²) < 4.78 is 37.8. The summed E-state index contributed by atoms with van der Waals surface area (Å²) >= 11 is 0. The van der Waals surface area contributed by atoms with Crippen molar-refractivity contribution in [2.45, 2.75) is 40.8 Å². The molecule has 0 unspecified atom stereocenters. The van der Waals surface area contributed by atoms with Crippen molar-refractivity contribution in [1.82, 2.24) is 0 Å². The summed E-state index contributed by atoms with van der Waals surface area (Å²) in [6.45, 7) is 8.43. The van der Waals surface area contributed by atoms with E-state index in [9.17, 15) is 38.7 Å². The van der Waals surface area contributed by atoms with Crippen LogP contribution in [0.4, 0.5) is 22.7 Å². The standard InChI is InChI=1S/C52H57N5O13Si.C3H6O3.C2H4O.CH4O.CH2O.2H2O/c1-32(58)67-30-69-48(60)28-57(29-49(61)70-31-68-33(2)59)43-21-15-35(25-45(43)66-23-22-65-44-13-11-10-12-42(44)53-3)54-51(62)34-14-18-38(41(24-34)52(63)64)50-39-19-16-36(55(4)5)26-46(39)71(8,9)47-27-37(56(6)7)17-20-40(47)50;1-3(5)6-2-4;1-2-3;2*1-2;;/h10-21,24-27,53H,22-23,28-31H2,1-9H3,(H-,54,62,63,64);4H,2H2,1H3;2H,1H3;2H,1H3;1H2;2*1H2. The van der Waals surface area contributed by atoms with Crippen LogP contribution in [-0.4, -0.2) is 183 Å². The monoisotopic (exact) mass is 1220 g/mol. The maximum absolute atomic E-state index is 14.2. The second-order valence-electron chi connectivity index (χ2n) is 18.3. The number of amides is 1. The van der Waals surface area contributed by atoms with Crippen LogP contribution in [0.1, 0.15) is 59.5 Å². The van der Waals surface area contributed by atoms with Gasteiger partial charge in [-0.15, -0.1) is 0 Å². The van der Waals surface area contributed by atoms with Crippen LogP contribution in [-0.2, 0) is 57.2 Å². The van der Waals surface area contributed by atoms with Gasteiger partial charge in [0.15, 0.2) is 12.5 Å². The van der Waals surface area contributed by atoms with Crippen molar-refractivity contribution in [3.63, 3.8) is 0 Å². The fourth-order valence-corrected chi connectivity index (χ4v) is 11.2. The number of aldehydes is 1. The van der Waals surface area contributed by atoms with Gasteiger partial charge in [-0.05, 0) is 94.2 Å². The van der Waals surface area contributed by atoms with Gasteiger partial charge < -0.3 is 94.2 Å². The predicted octanol–water partition coefficient (Wildman–Crippen LogP) is 1.76. The summed E-state index contributed by atoms with van der Waals surface area (Å²) in [6.07, 6.45) is 6.98. The molecule has 468 valence electrons. The summed E-state index contributed by atoms with van der Waals surface area (Å²) in [5.74, 6) is -5.17.